The molecule has 4 nitrogen and oxygen atoms in total. The number of amides is 1. The highest BCUT2D eigenvalue weighted by molar-refractivity contribution is 7.12. The second-order valence-electron chi connectivity index (χ2n) is 7.17. The van der Waals surface area contributed by atoms with Crippen molar-refractivity contribution in [2.75, 3.05) is 31.1 Å². The summed E-state index contributed by atoms with van der Waals surface area (Å²) in [6, 6.07) is 7.10. The smallest absolute Gasteiger partial charge is 0.368 e. The number of thiophene rings is 1. The minimum atomic E-state index is -4.38. The van der Waals surface area contributed by atoms with Crippen molar-refractivity contribution in [2.45, 2.75) is 32.9 Å². The van der Waals surface area contributed by atoms with Crippen molar-refractivity contribution in [3.05, 3.63) is 51.2 Å². The van der Waals surface area contributed by atoms with Gasteiger partial charge in [0, 0.05) is 60.0 Å². The van der Waals surface area contributed by atoms with E-state index in [0.29, 0.717) is 37.4 Å². The van der Waals surface area contributed by atoms with Crippen molar-refractivity contribution in [3.63, 3.8) is 0 Å². The van der Waals surface area contributed by atoms with Crippen LogP contribution in [0.2, 0.25) is 0 Å². The molecule has 29 heavy (non-hydrogen) atoms. The molecule has 0 aliphatic carbocycles. The third-order valence-corrected chi connectivity index (χ3v) is 6.04. The van der Waals surface area contributed by atoms with Gasteiger partial charge in [-0.3, -0.25) is 9.59 Å². The van der Waals surface area contributed by atoms with E-state index in [-0.39, 0.29) is 24.5 Å². The van der Waals surface area contributed by atoms with Crippen molar-refractivity contribution in [1.82, 2.24) is 4.90 Å². The topological polar surface area (TPSA) is 40.6 Å². The molecule has 1 aliphatic heterocycles. The number of hydrogen-bond acceptors (Lipinski definition) is 4. The Labute approximate surface area is 171 Å². The average Bonchev–Trinajstić information content (AvgIpc) is 3.03. The van der Waals surface area contributed by atoms with Crippen molar-refractivity contribution < 1.29 is 22.8 Å². The van der Waals surface area contributed by atoms with Gasteiger partial charge in [0.05, 0.1) is 5.56 Å². The molecule has 0 atom stereocenters. The van der Waals surface area contributed by atoms with Gasteiger partial charge in [0.25, 0.3) is 0 Å². The van der Waals surface area contributed by atoms with E-state index in [4.69, 9.17) is 0 Å². The molecule has 2 aromatic rings. The van der Waals surface area contributed by atoms with Crippen LogP contribution in [-0.2, 0) is 11.0 Å². The quantitative estimate of drug-likeness (QED) is 0.654. The van der Waals surface area contributed by atoms with Gasteiger partial charge < -0.3 is 9.80 Å². The molecule has 1 amide bonds. The molecule has 0 N–H and O–H groups in total. The predicted octanol–water partition coefficient (Wildman–Crippen LogP) is 4.70. The molecule has 0 unspecified atom stereocenters. The summed E-state index contributed by atoms with van der Waals surface area (Å²) in [4.78, 5) is 30.4. The van der Waals surface area contributed by atoms with Crippen LogP contribution < -0.4 is 4.90 Å². The van der Waals surface area contributed by atoms with E-state index in [1.165, 1.54) is 6.07 Å². The lowest BCUT2D eigenvalue weighted by molar-refractivity contribution is -0.137. The van der Waals surface area contributed by atoms with Gasteiger partial charge in [0.2, 0.25) is 5.91 Å². The molecule has 1 aromatic heterocycles. The summed E-state index contributed by atoms with van der Waals surface area (Å²) < 4.78 is 38.7. The van der Waals surface area contributed by atoms with Crippen molar-refractivity contribution in [2.24, 2.45) is 0 Å². The van der Waals surface area contributed by atoms with Crippen molar-refractivity contribution >= 4 is 28.7 Å². The van der Waals surface area contributed by atoms with Gasteiger partial charge in [0.15, 0.2) is 5.78 Å². The fourth-order valence-corrected chi connectivity index (χ4v) is 4.46. The number of piperazine rings is 1. The summed E-state index contributed by atoms with van der Waals surface area (Å²) in [7, 11) is 0. The Morgan fingerprint density at radius 2 is 1.72 bits per heavy atom. The SMILES string of the molecule is Cc1cc(C(=O)CCC(=O)N2CCN(c3cccc(C(F)(F)F)c3)CC2)c(C)s1. The standard InChI is InChI=1S/C21H23F3N2O2S/c1-14-12-18(15(2)29-14)19(27)6-7-20(28)26-10-8-25(9-11-26)17-5-3-4-16(13-17)21(22,23)24/h3-5,12-13H,6-11H2,1-2H3. The zero-order valence-electron chi connectivity index (χ0n) is 16.4. The monoisotopic (exact) mass is 424 g/mol. The van der Waals surface area contributed by atoms with Crippen LogP contribution >= 0.6 is 11.3 Å². The summed E-state index contributed by atoms with van der Waals surface area (Å²) in [5.74, 6) is -0.116. The largest absolute Gasteiger partial charge is 0.416 e. The molecular formula is C21H23F3N2O2S. The molecule has 0 saturated carbocycles. The first kappa shape index (κ1) is 21.4. The van der Waals surface area contributed by atoms with Gasteiger partial charge in [-0.25, -0.2) is 0 Å². The number of nitrogens with zero attached hydrogens (tertiary/aromatic N) is 2. The number of alkyl halides is 3. The summed E-state index contributed by atoms with van der Waals surface area (Å²) >= 11 is 1.57. The third kappa shape index (κ3) is 5.18. The highest BCUT2D eigenvalue weighted by atomic mass is 32.1. The summed E-state index contributed by atoms with van der Waals surface area (Å²) in [6.45, 7) is 5.64. The fraction of sp³-hybridized carbons (Fsp3) is 0.429. The van der Waals surface area contributed by atoms with E-state index >= 15 is 0 Å². The van der Waals surface area contributed by atoms with E-state index in [9.17, 15) is 22.8 Å². The normalized spacial score (nSPS) is 14.9. The number of carbonyl (C=O) groups is 2. The number of Topliss-reactive ketones (excluding diaryl/α,β-unsaturated/α-hetero) is 1. The molecule has 0 radical (unpaired) electrons. The van der Waals surface area contributed by atoms with E-state index in [1.54, 1.807) is 22.3 Å². The Balaban J connectivity index is 1.52. The van der Waals surface area contributed by atoms with Crippen LogP contribution in [0, 0.1) is 13.8 Å². The first-order valence-electron chi connectivity index (χ1n) is 9.45. The maximum Gasteiger partial charge on any atom is 0.416 e. The van der Waals surface area contributed by atoms with Crippen LogP contribution in [0.3, 0.4) is 0 Å². The van der Waals surface area contributed by atoms with Crippen LogP contribution in [0.4, 0.5) is 18.9 Å². The van der Waals surface area contributed by atoms with Gasteiger partial charge in [-0.2, -0.15) is 13.2 Å². The Bertz CT molecular complexity index is 900. The van der Waals surface area contributed by atoms with Crippen LogP contribution in [0.5, 0.6) is 0 Å². The first-order valence-corrected chi connectivity index (χ1v) is 10.3. The zero-order valence-corrected chi connectivity index (χ0v) is 17.2. The third-order valence-electron chi connectivity index (χ3n) is 5.08. The summed E-state index contributed by atoms with van der Waals surface area (Å²) in [5, 5.41) is 0. The number of halogens is 3. The number of hydrogen-bond donors (Lipinski definition) is 0. The lowest BCUT2D eigenvalue weighted by Crippen LogP contribution is -2.48. The second kappa shape index (κ2) is 8.57. The van der Waals surface area contributed by atoms with Gasteiger partial charge >= 0.3 is 6.18 Å². The van der Waals surface area contributed by atoms with E-state index in [2.05, 4.69) is 0 Å². The Hall–Kier alpha value is -2.35. The summed E-state index contributed by atoms with van der Waals surface area (Å²) in [6.07, 6.45) is -4.06. The van der Waals surface area contributed by atoms with Crippen molar-refractivity contribution in [3.8, 4) is 0 Å². The minimum Gasteiger partial charge on any atom is -0.368 e. The van der Waals surface area contributed by atoms with Gasteiger partial charge in [-0.1, -0.05) is 6.07 Å². The van der Waals surface area contributed by atoms with Gasteiger partial charge in [-0.05, 0) is 38.1 Å². The molecule has 8 heteroatoms. The number of aryl methyl sites for hydroxylation is 2. The van der Waals surface area contributed by atoms with Crippen LogP contribution in [0.15, 0.2) is 30.3 Å². The van der Waals surface area contributed by atoms with E-state index in [0.717, 1.165) is 21.9 Å². The molecule has 1 fully saturated rings. The molecule has 1 aromatic carbocycles. The maximum atomic E-state index is 12.9. The lowest BCUT2D eigenvalue weighted by Gasteiger charge is -2.36. The predicted molar refractivity (Wildman–Crippen MR) is 108 cm³/mol. The summed E-state index contributed by atoms with van der Waals surface area (Å²) in [5.41, 5.74) is 0.519. The van der Waals surface area contributed by atoms with Crippen LogP contribution in [0.1, 0.15) is 38.5 Å². The van der Waals surface area contributed by atoms with Crippen molar-refractivity contribution in [1.29, 1.82) is 0 Å². The number of carbonyl (C=O) groups excluding carboxylic acids is 2. The molecule has 1 aliphatic rings. The number of anilines is 1. The number of ketones is 1. The highest BCUT2D eigenvalue weighted by Crippen LogP contribution is 2.32. The highest BCUT2D eigenvalue weighted by Gasteiger charge is 2.31. The average molecular weight is 424 g/mol. The van der Waals surface area contributed by atoms with E-state index < -0.39 is 11.7 Å². The van der Waals surface area contributed by atoms with Crippen LogP contribution in [0.25, 0.3) is 0 Å². The number of rotatable bonds is 5. The molecule has 0 bridgehead atoms. The second-order valence-corrected chi connectivity index (χ2v) is 8.63. The fourth-order valence-electron chi connectivity index (χ4n) is 3.51. The minimum absolute atomic E-state index is 0.0252. The Morgan fingerprint density at radius 3 is 2.31 bits per heavy atom. The molecule has 0 spiro atoms. The van der Waals surface area contributed by atoms with E-state index in [1.807, 2.05) is 24.8 Å². The molecular weight excluding hydrogens is 401 g/mol. The molecule has 156 valence electrons. The zero-order chi connectivity index (χ0) is 21.2. The van der Waals surface area contributed by atoms with Gasteiger partial charge in [0.1, 0.15) is 0 Å². The number of benzene rings is 1. The molecule has 1 saturated heterocycles. The lowest BCUT2D eigenvalue weighted by atomic mass is 10.1. The van der Waals surface area contributed by atoms with Gasteiger partial charge in [-0.15, -0.1) is 11.3 Å². The molecule has 3 rings (SSSR count). The maximum absolute atomic E-state index is 12.9. The van der Waals surface area contributed by atoms with Crippen LogP contribution in [-0.4, -0.2) is 42.8 Å². The Kier molecular flexibility index (Phi) is 6.31. The Morgan fingerprint density at radius 1 is 1.03 bits per heavy atom. The molecule has 2 heterocycles. The first-order chi connectivity index (χ1) is 13.6.